The molecule has 0 aliphatic heterocycles. The summed E-state index contributed by atoms with van der Waals surface area (Å²) in [5, 5.41) is 4.48. The molecule has 0 heterocycles. The van der Waals surface area contributed by atoms with Gasteiger partial charge in [0.25, 0.3) is 0 Å². The molecular weight excluding hydrogens is 302 g/mol. The highest BCUT2D eigenvalue weighted by molar-refractivity contribution is 7.85. The molecule has 1 fully saturated rings. The molecule has 0 radical (unpaired) electrons. The van der Waals surface area contributed by atoms with Gasteiger partial charge in [0.1, 0.15) is 0 Å². The molecule has 1 N–H and O–H groups in total. The van der Waals surface area contributed by atoms with Crippen LogP contribution in [0.15, 0.2) is 29.2 Å². The number of hydrogen-bond acceptors (Lipinski definition) is 2. The van der Waals surface area contributed by atoms with Gasteiger partial charge in [-0.3, -0.25) is 4.21 Å². The summed E-state index contributed by atoms with van der Waals surface area (Å²) in [5.74, 6) is 0. The highest BCUT2D eigenvalue weighted by Crippen LogP contribution is 2.38. The fraction of sp³-hybridized carbons (Fsp3) is 0.647. The van der Waals surface area contributed by atoms with Crippen molar-refractivity contribution in [2.75, 3.05) is 6.54 Å². The topological polar surface area (TPSA) is 29.1 Å². The summed E-state index contributed by atoms with van der Waals surface area (Å²) in [6.07, 6.45) is 4.42. The van der Waals surface area contributed by atoms with Crippen LogP contribution in [0.1, 0.15) is 46.5 Å². The second-order valence-electron chi connectivity index (χ2n) is 6.76. The van der Waals surface area contributed by atoms with E-state index >= 15 is 0 Å². The third kappa shape index (κ3) is 4.54. The number of hydrogen-bond donors (Lipinski definition) is 1. The van der Waals surface area contributed by atoms with E-state index in [1.807, 2.05) is 24.3 Å². The summed E-state index contributed by atoms with van der Waals surface area (Å²) >= 11 is 5.93. The van der Waals surface area contributed by atoms with Gasteiger partial charge in [0.05, 0.1) is 16.0 Å². The average molecular weight is 328 g/mol. The van der Waals surface area contributed by atoms with Crippen LogP contribution in [0.5, 0.6) is 0 Å². The van der Waals surface area contributed by atoms with Crippen LogP contribution in [0.2, 0.25) is 5.02 Å². The molecular formula is C17H26ClNOS. The maximum atomic E-state index is 13.0. The molecule has 1 saturated carbocycles. The van der Waals surface area contributed by atoms with Crippen molar-refractivity contribution in [2.45, 2.75) is 62.6 Å². The Morgan fingerprint density at radius 3 is 2.62 bits per heavy atom. The van der Waals surface area contributed by atoms with Gasteiger partial charge in [0.15, 0.2) is 0 Å². The van der Waals surface area contributed by atoms with Crippen LogP contribution < -0.4 is 5.32 Å². The van der Waals surface area contributed by atoms with Gasteiger partial charge in [-0.25, -0.2) is 0 Å². The molecule has 0 saturated heterocycles. The first kappa shape index (κ1) is 17.0. The molecule has 0 bridgehead atoms. The lowest BCUT2D eigenvalue weighted by atomic mass is 9.75. The number of benzene rings is 1. The number of rotatable bonds is 5. The minimum atomic E-state index is -0.979. The first-order valence-electron chi connectivity index (χ1n) is 7.82. The Hall–Kier alpha value is -0.380. The molecule has 0 aromatic heterocycles. The maximum absolute atomic E-state index is 13.0. The third-order valence-electron chi connectivity index (χ3n) is 4.31. The fourth-order valence-corrected chi connectivity index (χ4v) is 5.07. The smallest absolute Gasteiger partial charge is 0.0576 e. The first-order valence-corrected chi connectivity index (χ1v) is 9.41. The largest absolute Gasteiger partial charge is 0.313 e. The van der Waals surface area contributed by atoms with E-state index in [-0.39, 0.29) is 10.7 Å². The van der Waals surface area contributed by atoms with Gasteiger partial charge in [-0.05, 0) is 61.9 Å². The van der Waals surface area contributed by atoms with Gasteiger partial charge >= 0.3 is 0 Å². The van der Waals surface area contributed by atoms with E-state index in [9.17, 15) is 4.21 Å². The summed E-state index contributed by atoms with van der Waals surface area (Å²) in [4.78, 5) is 0.894. The number of nitrogens with one attached hydrogen (secondary N) is 1. The molecule has 3 atom stereocenters. The molecule has 3 unspecified atom stereocenters. The molecule has 1 aliphatic carbocycles. The molecule has 0 amide bonds. The van der Waals surface area contributed by atoms with Crippen molar-refractivity contribution in [1.29, 1.82) is 0 Å². The summed E-state index contributed by atoms with van der Waals surface area (Å²) in [7, 11) is -0.979. The second kappa shape index (κ2) is 7.26. The van der Waals surface area contributed by atoms with Crippen LogP contribution in [-0.2, 0) is 10.8 Å². The molecule has 1 aromatic rings. The van der Waals surface area contributed by atoms with Gasteiger partial charge in [-0.1, -0.05) is 32.4 Å². The normalized spacial score (nSPS) is 26.5. The van der Waals surface area contributed by atoms with Crippen LogP contribution in [0, 0.1) is 5.41 Å². The van der Waals surface area contributed by atoms with Crippen molar-refractivity contribution in [2.24, 2.45) is 5.41 Å². The van der Waals surface area contributed by atoms with E-state index < -0.39 is 10.8 Å². The predicted molar refractivity (Wildman–Crippen MR) is 91.4 cm³/mol. The standard InChI is InChI=1S/C17H26ClNOS/c1-4-11-19-15-9-10-17(2,3)12-16(15)21(20)14-7-5-13(18)6-8-14/h5-8,15-16,19H,4,9-12H2,1-3H3. The molecule has 21 heavy (non-hydrogen) atoms. The minimum Gasteiger partial charge on any atom is -0.313 e. The monoisotopic (exact) mass is 327 g/mol. The molecule has 4 heteroatoms. The molecule has 1 aromatic carbocycles. The minimum absolute atomic E-state index is 0.182. The third-order valence-corrected chi connectivity index (χ3v) is 6.35. The Balaban J connectivity index is 2.17. The fourth-order valence-electron chi connectivity index (χ4n) is 3.05. The van der Waals surface area contributed by atoms with Crippen molar-refractivity contribution < 1.29 is 4.21 Å². The Morgan fingerprint density at radius 2 is 2.00 bits per heavy atom. The van der Waals surface area contributed by atoms with Crippen molar-refractivity contribution in [3.8, 4) is 0 Å². The molecule has 1 aliphatic rings. The highest BCUT2D eigenvalue weighted by atomic mass is 35.5. The van der Waals surface area contributed by atoms with Gasteiger partial charge in [0.2, 0.25) is 0 Å². The summed E-state index contributed by atoms with van der Waals surface area (Å²) < 4.78 is 13.0. The maximum Gasteiger partial charge on any atom is 0.0576 e. The predicted octanol–water partition coefficient (Wildman–Crippen LogP) is 4.39. The summed E-state index contributed by atoms with van der Waals surface area (Å²) in [5.41, 5.74) is 0.275. The van der Waals surface area contributed by atoms with Crippen LogP contribution in [-0.4, -0.2) is 22.0 Å². The summed E-state index contributed by atoms with van der Waals surface area (Å²) in [6, 6.07) is 7.82. The van der Waals surface area contributed by atoms with Crippen LogP contribution >= 0.6 is 11.6 Å². The molecule has 2 nitrogen and oxygen atoms in total. The highest BCUT2D eigenvalue weighted by Gasteiger charge is 2.38. The van der Waals surface area contributed by atoms with Crippen molar-refractivity contribution in [3.63, 3.8) is 0 Å². The average Bonchev–Trinajstić information content (AvgIpc) is 2.45. The molecule has 118 valence electrons. The zero-order valence-electron chi connectivity index (χ0n) is 13.2. The zero-order valence-corrected chi connectivity index (χ0v) is 14.8. The van der Waals surface area contributed by atoms with Gasteiger partial charge < -0.3 is 5.32 Å². The van der Waals surface area contributed by atoms with Gasteiger partial charge in [0, 0.05) is 16.0 Å². The Bertz CT molecular complexity index is 486. The van der Waals surface area contributed by atoms with E-state index in [1.54, 1.807) is 0 Å². The second-order valence-corrected chi connectivity index (χ2v) is 8.87. The summed E-state index contributed by atoms with van der Waals surface area (Å²) in [6.45, 7) is 7.74. The first-order chi connectivity index (χ1) is 9.93. The van der Waals surface area contributed by atoms with Crippen LogP contribution in [0.3, 0.4) is 0 Å². The van der Waals surface area contributed by atoms with Crippen molar-refractivity contribution >= 4 is 22.4 Å². The SMILES string of the molecule is CCCNC1CCC(C)(C)CC1S(=O)c1ccc(Cl)cc1. The van der Waals surface area contributed by atoms with Gasteiger partial charge in [-0.15, -0.1) is 0 Å². The van der Waals surface area contributed by atoms with Gasteiger partial charge in [-0.2, -0.15) is 0 Å². The lowest BCUT2D eigenvalue weighted by Crippen LogP contribution is -2.48. The Kier molecular flexibility index (Phi) is 5.87. The van der Waals surface area contributed by atoms with Crippen molar-refractivity contribution in [1.82, 2.24) is 5.32 Å². The van der Waals surface area contributed by atoms with E-state index in [2.05, 4.69) is 26.1 Å². The Morgan fingerprint density at radius 1 is 1.33 bits per heavy atom. The van der Waals surface area contributed by atoms with E-state index in [1.165, 1.54) is 6.42 Å². The van der Waals surface area contributed by atoms with E-state index in [0.29, 0.717) is 11.1 Å². The lowest BCUT2D eigenvalue weighted by molar-refractivity contribution is 0.212. The van der Waals surface area contributed by atoms with E-state index in [0.717, 1.165) is 30.7 Å². The van der Waals surface area contributed by atoms with Crippen LogP contribution in [0.4, 0.5) is 0 Å². The van der Waals surface area contributed by atoms with E-state index in [4.69, 9.17) is 11.6 Å². The Labute approximate surface area is 136 Å². The zero-order chi connectivity index (χ0) is 15.5. The van der Waals surface area contributed by atoms with Crippen LogP contribution in [0.25, 0.3) is 0 Å². The quantitative estimate of drug-likeness (QED) is 0.868. The number of halogens is 1. The van der Waals surface area contributed by atoms with Crippen molar-refractivity contribution in [3.05, 3.63) is 29.3 Å². The lowest BCUT2D eigenvalue weighted by Gasteiger charge is -2.40. The molecule has 0 spiro atoms. The molecule has 2 rings (SSSR count).